The highest BCUT2D eigenvalue weighted by Crippen LogP contribution is 2.61. The van der Waals surface area contributed by atoms with Crippen molar-refractivity contribution in [1.82, 2.24) is 4.90 Å². The Hall–Kier alpha value is -4.69. The van der Waals surface area contributed by atoms with Gasteiger partial charge in [-0.15, -0.1) is 0 Å². The molecule has 0 unspecified atom stereocenters. The minimum absolute atomic E-state index is 0.00325. The van der Waals surface area contributed by atoms with E-state index >= 15 is 4.79 Å². The average Bonchev–Trinajstić information content (AvgIpc) is 3.41. The molecule has 8 nitrogen and oxygen atoms in total. The highest BCUT2D eigenvalue weighted by atomic mass is 35.5. The van der Waals surface area contributed by atoms with Crippen molar-refractivity contribution in [3.05, 3.63) is 107 Å². The molecule has 4 amide bonds. The van der Waals surface area contributed by atoms with Crippen molar-refractivity contribution in [2.24, 2.45) is 29.6 Å². The van der Waals surface area contributed by atoms with E-state index in [-0.39, 0.29) is 35.8 Å². The fourth-order valence-electron chi connectivity index (χ4n) is 8.15. The van der Waals surface area contributed by atoms with Crippen molar-refractivity contribution in [3.63, 3.8) is 0 Å². The molecule has 3 aromatic rings. The van der Waals surface area contributed by atoms with E-state index in [1.807, 2.05) is 48.6 Å². The van der Waals surface area contributed by atoms with E-state index in [9.17, 15) is 19.5 Å². The number of aromatic hydroxyl groups is 1. The SMILES string of the molecule is COc1cc(C=C[C@H]2C3=CC[C@@H]4C(=O)N(C)C(=O)[C@@H]4[C@@H]3C[C@H]3C(=O)N(c4cccc(Cl)c4)C(=O)[C@@]23c2ccccc2)ccc1O. The summed E-state index contributed by atoms with van der Waals surface area (Å²) in [7, 11) is 2.98. The first-order chi connectivity index (χ1) is 21.7. The van der Waals surface area contributed by atoms with Gasteiger partial charge in [-0.3, -0.25) is 24.1 Å². The molecule has 228 valence electrons. The van der Waals surface area contributed by atoms with E-state index in [0.717, 1.165) is 11.1 Å². The van der Waals surface area contributed by atoms with Crippen molar-refractivity contribution < 1.29 is 29.0 Å². The average molecular weight is 623 g/mol. The molecule has 2 heterocycles. The fraction of sp³-hybridized carbons (Fsp3) is 0.278. The van der Waals surface area contributed by atoms with Crippen LogP contribution in [0.25, 0.3) is 6.08 Å². The number of phenolic OH excluding ortho intramolecular Hbond substituents is 1. The Labute approximate surface area is 265 Å². The Morgan fingerprint density at radius 1 is 0.933 bits per heavy atom. The molecule has 1 saturated carbocycles. The highest BCUT2D eigenvalue weighted by molar-refractivity contribution is 6.32. The number of likely N-dealkylation sites (tertiary alicyclic amines) is 1. The van der Waals surface area contributed by atoms with Gasteiger partial charge in [0.25, 0.3) is 0 Å². The van der Waals surface area contributed by atoms with Gasteiger partial charge in [-0.1, -0.05) is 77.9 Å². The van der Waals surface area contributed by atoms with E-state index in [0.29, 0.717) is 28.4 Å². The van der Waals surface area contributed by atoms with E-state index in [4.69, 9.17) is 16.3 Å². The number of phenols is 1. The third kappa shape index (κ3) is 4.19. The summed E-state index contributed by atoms with van der Waals surface area (Å²) in [4.78, 5) is 58.7. The van der Waals surface area contributed by atoms with Gasteiger partial charge in [0.05, 0.1) is 36.0 Å². The Morgan fingerprint density at radius 2 is 1.71 bits per heavy atom. The Bertz CT molecular complexity index is 1820. The molecular formula is C36H31ClN2O6. The van der Waals surface area contributed by atoms with Gasteiger partial charge in [0.2, 0.25) is 23.6 Å². The second kappa shape index (κ2) is 10.7. The summed E-state index contributed by atoms with van der Waals surface area (Å²) in [6, 6.07) is 21.0. The third-order valence-corrected chi connectivity index (χ3v) is 10.4. The van der Waals surface area contributed by atoms with Crippen LogP contribution in [0.2, 0.25) is 5.02 Å². The number of benzene rings is 3. The summed E-state index contributed by atoms with van der Waals surface area (Å²) in [5.74, 6) is -3.84. The first kappa shape index (κ1) is 29.0. The molecule has 0 radical (unpaired) electrons. The summed E-state index contributed by atoms with van der Waals surface area (Å²) < 4.78 is 5.32. The van der Waals surface area contributed by atoms with Crippen molar-refractivity contribution in [2.45, 2.75) is 18.3 Å². The lowest BCUT2D eigenvalue weighted by molar-refractivity contribution is -0.138. The molecule has 4 aliphatic rings. The number of hydrogen-bond donors (Lipinski definition) is 1. The van der Waals surface area contributed by atoms with Gasteiger partial charge in [-0.25, -0.2) is 4.90 Å². The molecule has 0 bridgehead atoms. The molecule has 2 aliphatic carbocycles. The molecule has 9 heteroatoms. The molecule has 0 spiro atoms. The number of carbonyl (C=O) groups excluding carboxylic acids is 4. The van der Waals surface area contributed by atoms with Crippen LogP contribution in [0.5, 0.6) is 11.5 Å². The lowest BCUT2D eigenvalue weighted by Crippen LogP contribution is -2.54. The molecule has 2 saturated heterocycles. The number of allylic oxidation sites excluding steroid dienone is 3. The topological polar surface area (TPSA) is 104 Å². The van der Waals surface area contributed by atoms with Crippen LogP contribution in [0.4, 0.5) is 5.69 Å². The molecule has 45 heavy (non-hydrogen) atoms. The van der Waals surface area contributed by atoms with Gasteiger partial charge in [-0.2, -0.15) is 0 Å². The summed E-state index contributed by atoms with van der Waals surface area (Å²) in [6.07, 6.45) is 6.43. The maximum Gasteiger partial charge on any atom is 0.246 e. The highest BCUT2D eigenvalue weighted by Gasteiger charge is 2.69. The van der Waals surface area contributed by atoms with Crippen LogP contribution < -0.4 is 9.64 Å². The molecule has 3 fully saturated rings. The van der Waals surface area contributed by atoms with E-state index < -0.39 is 35.0 Å². The second-order valence-corrected chi connectivity index (χ2v) is 12.6. The smallest absolute Gasteiger partial charge is 0.246 e. The normalized spacial score (nSPS) is 29.1. The summed E-state index contributed by atoms with van der Waals surface area (Å²) in [5.41, 5.74) is 1.35. The number of nitrogens with zero attached hydrogens (tertiary/aromatic N) is 2. The van der Waals surface area contributed by atoms with Crippen LogP contribution in [0.3, 0.4) is 0 Å². The van der Waals surface area contributed by atoms with Crippen LogP contribution in [0.1, 0.15) is 24.0 Å². The van der Waals surface area contributed by atoms with Crippen molar-refractivity contribution in [2.75, 3.05) is 19.1 Å². The lowest BCUT2D eigenvalue weighted by Gasteiger charge is -2.49. The zero-order valence-corrected chi connectivity index (χ0v) is 25.5. The summed E-state index contributed by atoms with van der Waals surface area (Å²) >= 11 is 6.34. The van der Waals surface area contributed by atoms with Crippen LogP contribution in [-0.4, -0.2) is 47.8 Å². The monoisotopic (exact) mass is 622 g/mol. The quantitative estimate of drug-likeness (QED) is 0.302. The van der Waals surface area contributed by atoms with Gasteiger partial charge in [0.1, 0.15) is 0 Å². The third-order valence-electron chi connectivity index (χ3n) is 10.1. The number of halogens is 1. The number of anilines is 1. The number of hydrogen-bond acceptors (Lipinski definition) is 6. The Balaban J connectivity index is 1.46. The largest absolute Gasteiger partial charge is 0.504 e. The number of fused-ring (bicyclic) bond motifs is 4. The fourth-order valence-corrected chi connectivity index (χ4v) is 8.34. The molecule has 3 aromatic carbocycles. The van der Waals surface area contributed by atoms with E-state index in [2.05, 4.69) is 0 Å². The first-order valence-electron chi connectivity index (χ1n) is 14.9. The van der Waals surface area contributed by atoms with Crippen LogP contribution in [-0.2, 0) is 24.6 Å². The molecule has 7 rings (SSSR count). The van der Waals surface area contributed by atoms with E-state index in [1.165, 1.54) is 30.0 Å². The maximum absolute atomic E-state index is 15.0. The van der Waals surface area contributed by atoms with Crippen molar-refractivity contribution in [3.8, 4) is 11.5 Å². The zero-order chi connectivity index (χ0) is 31.6. The van der Waals surface area contributed by atoms with Crippen LogP contribution >= 0.6 is 11.6 Å². The van der Waals surface area contributed by atoms with E-state index in [1.54, 1.807) is 36.4 Å². The first-order valence-corrected chi connectivity index (χ1v) is 15.3. The predicted molar refractivity (Wildman–Crippen MR) is 168 cm³/mol. The van der Waals surface area contributed by atoms with Gasteiger partial charge in [0.15, 0.2) is 11.5 Å². The lowest BCUT2D eigenvalue weighted by atomic mass is 9.50. The van der Waals surface area contributed by atoms with Crippen LogP contribution in [0.15, 0.2) is 90.5 Å². The Kier molecular flexibility index (Phi) is 6.93. The van der Waals surface area contributed by atoms with Gasteiger partial charge in [-0.05, 0) is 60.2 Å². The summed E-state index contributed by atoms with van der Waals surface area (Å²) in [5, 5.41) is 10.6. The molecule has 1 N–H and O–H groups in total. The standard InChI is InChI=1S/C36H31ClN2O6/c1-38-32(41)25-14-13-24-26(31(25)34(38)43)19-28-33(42)39(23-10-6-9-22(37)18-23)35(44)36(28,21-7-4-3-5-8-21)27(24)15-11-20-12-16-29(40)30(17-20)45-2/h3-13,15-18,25-28,31,40H,14,19H2,1-2H3/t25-,26+,27-,28-,31-,36-/m0/s1. The van der Waals surface area contributed by atoms with Gasteiger partial charge >= 0.3 is 0 Å². The summed E-state index contributed by atoms with van der Waals surface area (Å²) in [6.45, 7) is 0. The number of imide groups is 2. The second-order valence-electron chi connectivity index (χ2n) is 12.2. The minimum Gasteiger partial charge on any atom is -0.504 e. The molecular weight excluding hydrogens is 592 g/mol. The van der Waals surface area contributed by atoms with Crippen molar-refractivity contribution >= 4 is 47.0 Å². The number of methoxy groups -OCH3 is 1. The zero-order valence-electron chi connectivity index (χ0n) is 24.7. The van der Waals surface area contributed by atoms with Gasteiger partial charge < -0.3 is 9.84 Å². The van der Waals surface area contributed by atoms with Crippen LogP contribution in [0, 0.1) is 29.6 Å². The minimum atomic E-state index is -1.33. The molecule has 2 aliphatic heterocycles. The molecule has 6 atom stereocenters. The maximum atomic E-state index is 15.0. The Morgan fingerprint density at radius 3 is 2.44 bits per heavy atom. The molecule has 0 aromatic heterocycles. The predicted octanol–water partition coefficient (Wildman–Crippen LogP) is 5.39. The van der Waals surface area contributed by atoms with Crippen molar-refractivity contribution in [1.29, 1.82) is 0 Å². The number of rotatable bonds is 5. The number of ether oxygens (including phenoxy) is 1. The number of carbonyl (C=O) groups is 4. The number of amides is 4. The van der Waals surface area contributed by atoms with Gasteiger partial charge in [0, 0.05) is 18.0 Å².